The summed E-state index contributed by atoms with van der Waals surface area (Å²) in [6.45, 7) is 0. The van der Waals surface area contributed by atoms with Crippen molar-refractivity contribution in [3.8, 4) is 0 Å². The van der Waals surface area contributed by atoms with Gasteiger partial charge < -0.3 is 0 Å². The van der Waals surface area contributed by atoms with E-state index in [-0.39, 0.29) is 0 Å². The van der Waals surface area contributed by atoms with E-state index < -0.39 is 0 Å². The third kappa shape index (κ3) is 1.11. The Morgan fingerprint density at radius 1 is 0.824 bits per heavy atom. The Hall–Kier alpha value is -2.42. The van der Waals surface area contributed by atoms with Gasteiger partial charge in [-0.2, -0.15) is 5.10 Å². The van der Waals surface area contributed by atoms with E-state index in [0.29, 0.717) is 0 Å². The Morgan fingerprint density at radius 3 is 2.53 bits per heavy atom. The van der Waals surface area contributed by atoms with E-state index in [1.165, 1.54) is 5.39 Å². The minimum absolute atomic E-state index is 0.983. The third-order valence-corrected chi connectivity index (χ3v) is 3.08. The summed E-state index contributed by atoms with van der Waals surface area (Å²) in [6.07, 6.45) is 1.86. The van der Waals surface area contributed by atoms with Crippen LogP contribution in [-0.4, -0.2) is 14.8 Å². The van der Waals surface area contributed by atoms with E-state index in [4.69, 9.17) is 0 Å². The highest BCUT2D eigenvalue weighted by molar-refractivity contribution is 6.08. The zero-order valence-electron chi connectivity index (χ0n) is 9.04. The van der Waals surface area contributed by atoms with Gasteiger partial charge in [-0.3, -0.25) is 0 Å². The average Bonchev–Trinajstić information content (AvgIpc) is 2.77. The largest absolute Gasteiger partial charge is 0.158 e. The molecule has 0 amide bonds. The summed E-state index contributed by atoms with van der Waals surface area (Å²) in [5.41, 5.74) is 2.06. The standard InChI is InChI=1S/C14H9N3/c1-2-6-11-10(5-1)9-15-17-14(11)12-7-3-4-8-13(12)16-17/h1-9H. The van der Waals surface area contributed by atoms with Crippen LogP contribution in [-0.2, 0) is 0 Å². The second kappa shape index (κ2) is 3.04. The molecule has 0 fully saturated rings. The fraction of sp³-hybridized carbons (Fsp3) is 0. The molecule has 2 heterocycles. The molecular formula is C14H9N3. The number of hydrogen-bond donors (Lipinski definition) is 0. The lowest BCUT2D eigenvalue weighted by molar-refractivity contribution is 0.818. The van der Waals surface area contributed by atoms with Gasteiger partial charge in [-0.1, -0.05) is 42.5 Å². The first-order valence-electron chi connectivity index (χ1n) is 5.55. The Balaban J connectivity index is 2.38. The summed E-state index contributed by atoms with van der Waals surface area (Å²) in [7, 11) is 0. The van der Waals surface area contributed by atoms with Crippen LogP contribution < -0.4 is 0 Å². The highest BCUT2D eigenvalue weighted by atomic mass is 15.4. The van der Waals surface area contributed by atoms with Gasteiger partial charge in [0, 0.05) is 16.2 Å². The number of hydrogen-bond acceptors (Lipinski definition) is 2. The molecule has 0 atom stereocenters. The maximum absolute atomic E-state index is 4.47. The summed E-state index contributed by atoms with van der Waals surface area (Å²) in [6, 6.07) is 16.4. The van der Waals surface area contributed by atoms with Crippen LogP contribution in [0.15, 0.2) is 54.7 Å². The zero-order chi connectivity index (χ0) is 11.2. The van der Waals surface area contributed by atoms with Crippen molar-refractivity contribution in [1.82, 2.24) is 14.8 Å². The Bertz CT molecular complexity index is 840. The lowest BCUT2D eigenvalue weighted by atomic mass is 10.1. The molecule has 0 unspecified atom stereocenters. The third-order valence-electron chi connectivity index (χ3n) is 3.08. The van der Waals surface area contributed by atoms with Gasteiger partial charge in [0.1, 0.15) is 5.52 Å². The van der Waals surface area contributed by atoms with Crippen molar-refractivity contribution in [2.75, 3.05) is 0 Å². The molecular weight excluding hydrogens is 210 g/mol. The number of benzene rings is 2. The number of rotatable bonds is 0. The minimum Gasteiger partial charge on any atom is -0.158 e. The van der Waals surface area contributed by atoms with E-state index in [2.05, 4.69) is 28.4 Å². The van der Waals surface area contributed by atoms with Crippen LogP contribution in [0.3, 0.4) is 0 Å². The maximum atomic E-state index is 4.47. The topological polar surface area (TPSA) is 30.2 Å². The summed E-state index contributed by atoms with van der Waals surface area (Å²) >= 11 is 0. The van der Waals surface area contributed by atoms with Gasteiger partial charge in [0.15, 0.2) is 0 Å². The van der Waals surface area contributed by atoms with Crippen LogP contribution in [0.25, 0.3) is 27.2 Å². The zero-order valence-corrected chi connectivity index (χ0v) is 9.04. The molecule has 0 spiro atoms. The molecule has 0 saturated carbocycles. The summed E-state index contributed by atoms with van der Waals surface area (Å²) < 4.78 is 1.72. The average molecular weight is 219 g/mol. The number of fused-ring (bicyclic) bond motifs is 5. The van der Waals surface area contributed by atoms with Crippen molar-refractivity contribution in [3.63, 3.8) is 0 Å². The first kappa shape index (κ1) is 8.70. The smallest absolute Gasteiger partial charge is 0.103 e. The van der Waals surface area contributed by atoms with E-state index in [1.54, 1.807) is 4.63 Å². The highest BCUT2D eigenvalue weighted by Crippen LogP contribution is 2.25. The predicted octanol–water partition coefficient (Wildman–Crippen LogP) is 3.04. The molecule has 2 aromatic heterocycles. The summed E-state index contributed by atoms with van der Waals surface area (Å²) in [4.78, 5) is 0. The van der Waals surface area contributed by atoms with Gasteiger partial charge in [-0.05, 0) is 6.07 Å². The van der Waals surface area contributed by atoms with Gasteiger partial charge in [-0.15, -0.1) is 9.73 Å². The lowest BCUT2D eigenvalue weighted by Gasteiger charge is -1.98. The molecule has 3 heteroatoms. The van der Waals surface area contributed by atoms with Crippen LogP contribution in [0.4, 0.5) is 0 Å². The van der Waals surface area contributed by atoms with E-state index >= 15 is 0 Å². The number of nitrogens with zero attached hydrogens (tertiary/aromatic N) is 3. The molecule has 4 aromatic rings. The monoisotopic (exact) mass is 219 g/mol. The molecule has 4 rings (SSSR count). The first-order chi connectivity index (χ1) is 8.43. The van der Waals surface area contributed by atoms with Crippen molar-refractivity contribution in [2.45, 2.75) is 0 Å². The number of aromatic nitrogens is 3. The lowest BCUT2D eigenvalue weighted by Crippen LogP contribution is -1.92. The van der Waals surface area contributed by atoms with E-state index in [0.717, 1.165) is 21.8 Å². The van der Waals surface area contributed by atoms with E-state index in [1.807, 2.05) is 36.5 Å². The van der Waals surface area contributed by atoms with Gasteiger partial charge in [-0.25, -0.2) is 0 Å². The second-order valence-corrected chi connectivity index (χ2v) is 4.09. The van der Waals surface area contributed by atoms with E-state index in [9.17, 15) is 0 Å². The molecule has 80 valence electrons. The Kier molecular flexibility index (Phi) is 1.56. The van der Waals surface area contributed by atoms with Gasteiger partial charge >= 0.3 is 0 Å². The fourth-order valence-electron chi connectivity index (χ4n) is 2.30. The molecule has 0 radical (unpaired) electrons. The molecule has 2 aromatic carbocycles. The molecule has 17 heavy (non-hydrogen) atoms. The SMILES string of the molecule is c1ccc2c(c1)cnn1nc3ccccc3c21. The van der Waals surface area contributed by atoms with Gasteiger partial charge in [0.25, 0.3) is 0 Å². The molecule has 0 N–H and O–H groups in total. The molecule has 3 nitrogen and oxygen atoms in total. The normalized spacial score (nSPS) is 11.5. The van der Waals surface area contributed by atoms with Crippen molar-refractivity contribution < 1.29 is 0 Å². The molecule has 0 saturated heterocycles. The Labute approximate surface area is 97.3 Å². The molecule has 0 aliphatic rings. The van der Waals surface area contributed by atoms with Crippen molar-refractivity contribution >= 4 is 27.2 Å². The van der Waals surface area contributed by atoms with Gasteiger partial charge in [0.05, 0.1) is 11.7 Å². The first-order valence-corrected chi connectivity index (χ1v) is 5.55. The van der Waals surface area contributed by atoms with Crippen LogP contribution in [0.5, 0.6) is 0 Å². The molecule has 0 bridgehead atoms. The summed E-state index contributed by atoms with van der Waals surface area (Å²) in [5.74, 6) is 0. The summed E-state index contributed by atoms with van der Waals surface area (Å²) in [5, 5.41) is 12.3. The highest BCUT2D eigenvalue weighted by Gasteiger charge is 2.08. The predicted molar refractivity (Wildman–Crippen MR) is 68.0 cm³/mol. The van der Waals surface area contributed by atoms with Crippen LogP contribution in [0.1, 0.15) is 0 Å². The van der Waals surface area contributed by atoms with Crippen molar-refractivity contribution in [2.24, 2.45) is 0 Å². The molecule has 0 aliphatic carbocycles. The van der Waals surface area contributed by atoms with Crippen LogP contribution in [0.2, 0.25) is 0 Å². The van der Waals surface area contributed by atoms with Crippen molar-refractivity contribution in [3.05, 3.63) is 54.7 Å². The second-order valence-electron chi connectivity index (χ2n) is 4.09. The maximum Gasteiger partial charge on any atom is 0.103 e. The van der Waals surface area contributed by atoms with Crippen LogP contribution >= 0.6 is 0 Å². The fourth-order valence-corrected chi connectivity index (χ4v) is 2.30. The van der Waals surface area contributed by atoms with Gasteiger partial charge in [0.2, 0.25) is 0 Å². The van der Waals surface area contributed by atoms with Crippen LogP contribution in [0, 0.1) is 0 Å². The Morgan fingerprint density at radius 2 is 1.59 bits per heavy atom. The minimum atomic E-state index is 0.983. The molecule has 0 aliphatic heterocycles. The van der Waals surface area contributed by atoms with Crippen molar-refractivity contribution in [1.29, 1.82) is 0 Å². The quantitative estimate of drug-likeness (QED) is 0.455.